The smallest absolute Gasteiger partial charge is 0.503 e. The van der Waals surface area contributed by atoms with Gasteiger partial charge in [0, 0.05) is 59.3 Å². The van der Waals surface area contributed by atoms with Gasteiger partial charge in [-0.05, 0) is 64.3 Å². The number of guanidine groups is 1. The fraction of sp³-hybridized carbons (Fsp3) is 0.610. The predicted octanol–water partition coefficient (Wildman–Crippen LogP) is 7.23. The van der Waals surface area contributed by atoms with Gasteiger partial charge in [0.1, 0.15) is 11.5 Å². The first-order valence-corrected chi connectivity index (χ1v) is 18.5. The molecule has 3 aliphatic rings. The van der Waals surface area contributed by atoms with Crippen LogP contribution in [0.2, 0.25) is 0 Å². The van der Waals surface area contributed by atoms with E-state index in [0.717, 1.165) is 74.2 Å². The van der Waals surface area contributed by atoms with E-state index in [1.807, 2.05) is 12.4 Å². The summed E-state index contributed by atoms with van der Waals surface area (Å²) in [6.45, 7) is 25.2. The standard InChI is InChI=1S/C40H59N5O2.CH2O3.Cr/c1-38(2,3)30-20-27(14-11-16-44-18-13-19-45-17-12-15-43(10)37(44)45)35(46)28(21-30)25-41-33-24-34(33)42-26-29-22-31(39(4,5)6)23-32(36(29)47)40(7,8)9;2-1(3)4;/h20-23,25-26,33-34H,11-19,24H2,1-10H3,(H-,41,42,46,47);(H2,2,3,4);/p+1. The van der Waals surface area contributed by atoms with E-state index in [1.54, 1.807) is 0 Å². The molecule has 52 heavy (non-hydrogen) atoms. The van der Waals surface area contributed by atoms with Crippen molar-refractivity contribution in [2.45, 2.75) is 123 Å². The molecule has 2 heterocycles. The van der Waals surface area contributed by atoms with Gasteiger partial charge in [0.2, 0.25) is 0 Å². The molecule has 1 aliphatic carbocycles. The van der Waals surface area contributed by atoms with Crippen molar-refractivity contribution in [3.8, 4) is 11.5 Å². The second kappa shape index (κ2) is 17.1. The molecule has 2 aromatic carbocycles. The Balaban J connectivity index is 0.00000139. The number of aryl methyl sites for hydroxylation is 1. The molecule has 0 amide bonds. The van der Waals surface area contributed by atoms with Gasteiger partial charge in [-0.1, -0.05) is 74.4 Å². The van der Waals surface area contributed by atoms with E-state index < -0.39 is 6.16 Å². The number of phenolic OH excluding ortho intramolecular Hbond substituents is 2. The molecule has 2 unspecified atom stereocenters. The molecule has 1 saturated carbocycles. The van der Waals surface area contributed by atoms with Crippen LogP contribution in [-0.4, -0.2) is 111 Å². The SMILES string of the molecule is C[N+]1=C2N(CCCc3cc(C(C)(C)C)cc(C=NC4CC4N=Cc4cc(C(C)(C)C)cc(C(C)(C)C)c4O)c3O)CCCN2CCC1.O=C(O)O.[Cr]. The summed E-state index contributed by atoms with van der Waals surface area (Å²) in [4.78, 5) is 23.4. The van der Waals surface area contributed by atoms with Gasteiger partial charge in [-0.25, -0.2) is 4.79 Å². The Bertz CT molecular complexity index is 1660. The summed E-state index contributed by atoms with van der Waals surface area (Å²) < 4.78 is 2.42. The molecule has 1 saturated heterocycles. The summed E-state index contributed by atoms with van der Waals surface area (Å²) in [5, 5.41) is 36.5. The second-order valence-corrected chi connectivity index (χ2v) is 17.5. The number of hydrogen-bond donors (Lipinski definition) is 4. The first-order valence-electron chi connectivity index (χ1n) is 18.5. The summed E-state index contributed by atoms with van der Waals surface area (Å²) in [5.41, 5.74) is 5.65. The van der Waals surface area contributed by atoms with E-state index in [0.29, 0.717) is 11.5 Å². The minimum absolute atomic E-state index is 0. The Kier molecular flexibility index (Phi) is 14.1. The number of hydrogen-bond acceptors (Lipinski definition) is 7. The first kappa shape index (κ1) is 42.9. The van der Waals surface area contributed by atoms with Crippen molar-refractivity contribution < 1.29 is 47.2 Å². The van der Waals surface area contributed by atoms with E-state index in [9.17, 15) is 10.2 Å². The van der Waals surface area contributed by atoms with E-state index >= 15 is 0 Å². The van der Waals surface area contributed by atoms with Crippen LogP contribution in [0.15, 0.2) is 34.3 Å². The number of benzene rings is 2. The maximum Gasteiger partial charge on any atom is 0.503 e. The largest absolute Gasteiger partial charge is 0.507 e. The van der Waals surface area contributed by atoms with Crippen LogP contribution in [0, 0.1) is 0 Å². The quantitative estimate of drug-likeness (QED) is 0.165. The molecule has 0 radical (unpaired) electrons. The van der Waals surface area contributed by atoms with Gasteiger partial charge in [0.25, 0.3) is 0 Å². The Morgan fingerprint density at radius 3 is 1.87 bits per heavy atom. The minimum Gasteiger partial charge on any atom is -0.507 e. The Labute approximate surface area is 322 Å². The monoisotopic (exact) mass is 756 g/mol. The summed E-state index contributed by atoms with van der Waals surface area (Å²) in [6.07, 6.45) is 6.98. The molecule has 2 aliphatic heterocycles. The fourth-order valence-corrected chi connectivity index (χ4v) is 6.86. The maximum atomic E-state index is 11.4. The molecule has 2 atom stereocenters. The molecule has 10 nitrogen and oxygen atoms in total. The zero-order valence-corrected chi connectivity index (χ0v) is 34.3. The number of aliphatic imine (C=N–C) groups is 2. The van der Waals surface area contributed by atoms with Crippen LogP contribution in [-0.2, 0) is 40.0 Å². The summed E-state index contributed by atoms with van der Waals surface area (Å²) >= 11 is 0. The topological polar surface area (TPSA) is 132 Å². The summed E-state index contributed by atoms with van der Waals surface area (Å²) in [5.74, 6) is 2.05. The fourth-order valence-electron chi connectivity index (χ4n) is 6.86. The predicted molar refractivity (Wildman–Crippen MR) is 207 cm³/mol. The number of carbonyl (C=O) groups is 1. The minimum atomic E-state index is -1.83. The Morgan fingerprint density at radius 2 is 1.33 bits per heavy atom. The third-order valence-electron chi connectivity index (χ3n) is 9.99. The van der Waals surface area contributed by atoms with Crippen molar-refractivity contribution in [2.75, 3.05) is 39.8 Å². The third-order valence-corrected chi connectivity index (χ3v) is 9.99. The van der Waals surface area contributed by atoms with Gasteiger partial charge in [-0.2, -0.15) is 0 Å². The van der Waals surface area contributed by atoms with E-state index in [-0.39, 0.29) is 45.7 Å². The summed E-state index contributed by atoms with van der Waals surface area (Å²) in [7, 11) is 2.22. The average Bonchev–Trinajstić information content (AvgIpc) is 3.77. The molecule has 11 heteroatoms. The molecule has 0 bridgehead atoms. The van der Waals surface area contributed by atoms with Crippen molar-refractivity contribution in [1.29, 1.82) is 0 Å². The van der Waals surface area contributed by atoms with Crippen LogP contribution < -0.4 is 0 Å². The third kappa shape index (κ3) is 11.2. The zero-order valence-electron chi connectivity index (χ0n) is 33.0. The van der Waals surface area contributed by atoms with Crippen LogP contribution >= 0.6 is 0 Å². The number of aromatic hydroxyl groups is 2. The zero-order chi connectivity index (χ0) is 37.9. The maximum absolute atomic E-state index is 11.4. The number of nitrogens with zero attached hydrogens (tertiary/aromatic N) is 5. The van der Waals surface area contributed by atoms with Gasteiger partial charge in [-0.3, -0.25) is 24.4 Å². The molecular weight excluding hydrogens is 694 g/mol. The molecule has 0 spiro atoms. The molecular formula is C41H62CrN5O5+. The molecule has 2 aromatic rings. The average molecular weight is 757 g/mol. The van der Waals surface area contributed by atoms with Crippen LogP contribution in [0.4, 0.5) is 4.79 Å². The van der Waals surface area contributed by atoms with E-state index in [2.05, 4.69) is 108 Å². The van der Waals surface area contributed by atoms with Crippen LogP contribution in [0.3, 0.4) is 0 Å². The molecule has 5 rings (SSSR count). The molecule has 286 valence electrons. The van der Waals surface area contributed by atoms with Crippen molar-refractivity contribution in [3.05, 3.63) is 57.6 Å². The molecule has 4 N–H and O–H groups in total. The Morgan fingerprint density at radius 1 is 0.808 bits per heavy atom. The van der Waals surface area contributed by atoms with Crippen molar-refractivity contribution in [2.24, 2.45) is 9.98 Å². The van der Waals surface area contributed by atoms with Crippen molar-refractivity contribution >= 4 is 24.5 Å². The van der Waals surface area contributed by atoms with Gasteiger partial charge < -0.3 is 20.4 Å². The Hall–Kier alpha value is -3.55. The van der Waals surface area contributed by atoms with Gasteiger partial charge in [-0.15, -0.1) is 0 Å². The van der Waals surface area contributed by atoms with Crippen LogP contribution in [0.5, 0.6) is 11.5 Å². The summed E-state index contributed by atoms with van der Waals surface area (Å²) in [6, 6.07) is 8.66. The molecule has 2 fully saturated rings. The molecule has 0 aromatic heterocycles. The second-order valence-electron chi connectivity index (χ2n) is 17.5. The normalized spacial score (nSPS) is 19.3. The van der Waals surface area contributed by atoms with Crippen molar-refractivity contribution in [3.63, 3.8) is 0 Å². The van der Waals surface area contributed by atoms with Crippen LogP contribution in [0.1, 0.15) is 121 Å². The number of fused-ring (bicyclic) bond motifs is 1. The van der Waals surface area contributed by atoms with Crippen molar-refractivity contribution in [1.82, 2.24) is 9.80 Å². The number of rotatable bonds is 8. The van der Waals surface area contributed by atoms with E-state index in [1.165, 1.54) is 29.9 Å². The van der Waals surface area contributed by atoms with Crippen LogP contribution in [0.25, 0.3) is 0 Å². The first-order chi connectivity index (χ1) is 23.7. The van der Waals surface area contributed by atoms with Gasteiger partial charge >= 0.3 is 12.1 Å². The number of carboxylic acid groups (broad SMARTS) is 2. The van der Waals surface area contributed by atoms with Gasteiger partial charge in [0.15, 0.2) is 0 Å². The number of phenols is 2. The van der Waals surface area contributed by atoms with E-state index in [4.69, 9.17) is 25.0 Å². The van der Waals surface area contributed by atoms with Gasteiger partial charge in [0.05, 0.1) is 51.9 Å².